The van der Waals surface area contributed by atoms with E-state index in [4.69, 9.17) is 0 Å². The van der Waals surface area contributed by atoms with Crippen molar-refractivity contribution >= 4 is 5.82 Å². The second-order valence-electron chi connectivity index (χ2n) is 3.80. The van der Waals surface area contributed by atoms with Crippen molar-refractivity contribution in [2.24, 2.45) is 5.92 Å². The van der Waals surface area contributed by atoms with Gasteiger partial charge in [0, 0.05) is 18.9 Å². The fourth-order valence-electron chi connectivity index (χ4n) is 1.93. The van der Waals surface area contributed by atoms with E-state index in [2.05, 4.69) is 15.3 Å². The van der Waals surface area contributed by atoms with Crippen LogP contribution in [0, 0.1) is 5.92 Å². The molecule has 0 spiro atoms. The molecule has 76 valence electrons. The molecule has 4 nitrogen and oxygen atoms in total. The van der Waals surface area contributed by atoms with E-state index in [0.717, 1.165) is 12.5 Å². The molecule has 1 aliphatic rings. The summed E-state index contributed by atoms with van der Waals surface area (Å²) in [7, 11) is 0. The smallest absolute Gasteiger partial charge is 0.290 e. The van der Waals surface area contributed by atoms with Gasteiger partial charge in [0.2, 0.25) is 0 Å². The van der Waals surface area contributed by atoms with Crippen LogP contribution in [-0.4, -0.2) is 16.5 Å². The van der Waals surface area contributed by atoms with Crippen LogP contribution >= 0.6 is 0 Å². The van der Waals surface area contributed by atoms with Crippen LogP contribution in [0.5, 0.6) is 0 Å². The Morgan fingerprint density at radius 2 is 2.29 bits per heavy atom. The average molecular weight is 193 g/mol. The van der Waals surface area contributed by atoms with Gasteiger partial charge in [-0.05, 0) is 18.8 Å². The maximum absolute atomic E-state index is 11.2. The minimum atomic E-state index is -0.134. The highest BCUT2D eigenvalue weighted by Crippen LogP contribution is 2.24. The van der Waals surface area contributed by atoms with Crippen LogP contribution in [0.3, 0.4) is 0 Å². The van der Waals surface area contributed by atoms with Gasteiger partial charge >= 0.3 is 0 Å². The minimum absolute atomic E-state index is 0.134. The highest BCUT2D eigenvalue weighted by molar-refractivity contribution is 5.29. The zero-order valence-electron chi connectivity index (χ0n) is 8.12. The van der Waals surface area contributed by atoms with Crippen LogP contribution in [0.4, 0.5) is 5.82 Å². The van der Waals surface area contributed by atoms with Crippen LogP contribution < -0.4 is 10.9 Å². The van der Waals surface area contributed by atoms with Gasteiger partial charge in [-0.15, -0.1) is 0 Å². The molecule has 4 heteroatoms. The summed E-state index contributed by atoms with van der Waals surface area (Å²) in [6, 6.07) is 0. The maximum atomic E-state index is 11.2. The number of nitrogens with one attached hydrogen (secondary N) is 2. The Morgan fingerprint density at radius 1 is 1.50 bits per heavy atom. The van der Waals surface area contributed by atoms with Gasteiger partial charge in [0.05, 0.1) is 0 Å². The van der Waals surface area contributed by atoms with E-state index in [9.17, 15) is 4.79 Å². The molecule has 14 heavy (non-hydrogen) atoms. The highest BCUT2D eigenvalue weighted by atomic mass is 16.1. The zero-order chi connectivity index (χ0) is 9.80. The topological polar surface area (TPSA) is 57.8 Å². The van der Waals surface area contributed by atoms with Crippen LogP contribution in [0.15, 0.2) is 17.2 Å². The summed E-state index contributed by atoms with van der Waals surface area (Å²) in [4.78, 5) is 17.8. The van der Waals surface area contributed by atoms with Crippen LogP contribution in [0.25, 0.3) is 0 Å². The number of H-pyrrole nitrogens is 1. The summed E-state index contributed by atoms with van der Waals surface area (Å²) < 4.78 is 0. The summed E-state index contributed by atoms with van der Waals surface area (Å²) in [6.45, 7) is 0.875. The molecule has 0 unspecified atom stereocenters. The van der Waals surface area contributed by atoms with Gasteiger partial charge in [0.1, 0.15) is 0 Å². The molecule has 2 rings (SSSR count). The van der Waals surface area contributed by atoms with E-state index in [1.54, 1.807) is 12.4 Å². The third-order valence-corrected chi connectivity index (χ3v) is 2.74. The fourth-order valence-corrected chi connectivity index (χ4v) is 1.93. The van der Waals surface area contributed by atoms with Crippen molar-refractivity contribution < 1.29 is 0 Å². The van der Waals surface area contributed by atoms with Gasteiger partial charge in [-0.2, -0.15) is 0 Å². The second kappa shape index (κ2) is 4.26. The quantitative estimate of drug-likeness (QED) is 0.762. The predicted molar refractivity (Wildman–Crippen MR) is 55.3 cm³/mol. The molecule has 0 aromatic carbocycles. The van der Waals surface area contributed by atoms with E-state index in [0.29, 0.717) is 5.82 Å². The monoisotopic (exact) mass is 193 g/mol. The van der Waals surface area contributed by atoms with Crippen molar-refractivity contribution in [3.05, 3.63) is 22.7 Å². The van der Waals surface area contributed by atoms with Gasteiger partial charge in [-0.25, -0.2) is 4.98 Å². The lowest BCUT2D eigenvalue weighted by Crippen LogP contribution is -2.19. The summed E-state index contributed by atoms with van der Waals surface area (Å²) in [5.74, 6) is 1.16. The number of anilines is 1. The number of aromatic nitrogens is 2. The molecule has 0 radical (unpaired) electrons. The van der Waals surface area contributed by atoms with Gasteiger partial charge in [-0.3, -0.25) is 4.79 Å². The standard InChI is InChI=1S/C10H15N3O/c14-10-9(11-5-6-12-10)13-7-8-3-1-2-4-8/h5-6,8H,1-4,7H2,(H,11,13)(H,12,14). The Morgan fingerprint density at radius 3 is 3.00 bits per heavy atom. The third-order valence-electron chi connectivity index (χ3n) is 2.74. The van der Waals surface area contributed by atoms with Crippen LogP contribution in [0.2, 0.25) is 0 Å². The Labute approximate surface area is 82.8 Å². The highest BCUT2D eigenvalue weighted by Gasteiger charge is 2.14. The Balaban J connectivity index is 1.91. The van der Waals surface area contributed by atoms with Gasteiger partial charge in [0.25, 0.3) is 5.56 Å². The first-order valence-electron chi connectivity index (χ1n) is 5.14. The summed E-state index contributed by atoms with van der Waals surface area (Å²) in [5, 5.41) is 3.10. The molecular formula is C10H15N3O. The van der Waals surface area contributed by atoms with E-state index in [1.165, 1.54) is 25.7 Å². The number of hydrogen-bond acceptors (Lipinski definition) is 3. The lowest BCUT2D eigenvalue weighted by atomic mass is 10.1. The first-order valence-corrected chi connectivity index (χ1v) is 5.14. The number of hydrogen-bond donors (Lipinski definition) is 2. The molecule has 0 atom stereocenters. The molecule has 1 aromatic rings. The van der Waals surface area contributed by atoms with Crippen molar-refractivity contribution in [1.29, 1.82) is 0 Å². The SMILES string of the molecule is O=c1[nH]ccnc1NCC1CCCC1. The number of nitrogens with zero attached hydrogens (tertiary/aromatic N) is 1. The molecular weight excluding hydrogens is 178 g/mol. The first kappa shape index (κ1) is 9.24. The lowest BCUT2D eigenvalue weighted by molar-refractivity contribution is 0.578. The molecule has 1 fully saturated rings. The molecule has 0 aliphatic heterocycles. The van der Waals surface area contributed by atoms with Gasteiger partial charge in [0.15, 0.2) is 5.82 Å². The van der Waals surface area contributed by atoms with Gasteiger partial charge in [-0.1, -0.05) is 12.8 Å². The zero-order valence-corrected chi connectivity index (χ0v) is 8.12. The van der Waals surface area contributed by atoms with E-state index in [1.807, 2.05) is 0 Å². The van der Waals surface area contributed by atoms with Gasteiger partial charge < -0.3 is 10.3 Å². The molecule has 0 bridgehead atoms. The van der Waals surface area contributed by atoms with Crippen molar-refractivity contribution in [1.82, 2.24) is 9.97 Å². The van der Waals surface area contributed by atoms with E-state index < -0.39 is 0 Å². The van der Waals surface area contributed by atoms with Crippen LogP contribution in [-0.2, 0) is 0 Å². The van der Waals surface area contributed by atoms with Crippen molar-refractivity contribution in [2.45, 2.75) is 25.7 Å². The Kier molecular flexibility index (Phi) is 2.81. The molecule has 2 N–H and O–H groups in total. The van der Waals surface area contributed by atoms with E-state index >= 15 is 0 Å². The van der Waals surface area contributed by atoms with Crippen molar-refractivity contribution in [3.63, 3.8) is 0 Å². The van der Waals surface area contributed by atoms with E-state index in [-0.39, 0.29) is 5.56 Å². The van der Waals surface area contributed by atoms with Crippen LogP contribution in [0.1, 0.15) is 25.7 Å². The molecule has 1 aromatic heterocycles. The minimum Gasteiger partial charge on any atom is -0.365 e. The second-order valence-corrected chi connectivity index (χ2v) is 3.80. The molecule has 1 aliphatic carbocycles. The molecule has 0 saturated heterocycles. The first-order chi connectivity index (χ1) is 6.86. The number of aromatic amines is 1. The Bertz CT molecular complexity index is 341. The summed E-state index contributed by atoms with van der Waals surface area (Å²) in [6.07, 6.45) is 8.34. The molecule has 1 heterocycles. The Hall–Kier alpha value is -1.32. The maximum Gasteiger partial charge on any atom is 0.290 e. The molecule has 1 saturated carbocycles. The fraction of sp³-hybridized carbons (Fsp3) is 0.600. The average Bonchev–Trinajstić information content (AvgIpc) is 2.69. The largest absolute Gasteiger partial charge is 0.365 e. The van der Waals surface area contributed by atoms with Crippen molar-refractivity contribution in [2.75, 3.05) is 11.9 Å². The summed E-state index contributed by atoms with van der Waals surface area (Å²) in [5.41, 5.74) is -0.134. The third kappa shape index (κ3) is 2.13. The normalized spacial score (nSPS) is 17.1. The lowest BCUT2D eigenvalue weighted by Gasteiger charge is -2.09. The summed E-state index contributed by atoms with van der Waals surface area (Å²) >= 11 is 0. The number of rotatable bonds is 3. The molecule has 0 amide bonds. The predicted octanol–water partition coefficient (Wildman–Crippen LogP) is 1.37. The van der Waals surface area contributed by atoms with Crippen molar-refractivity contribution in [3.8, 4) is 0 Å².